The van der Waals surface area contributed by atoms with Crippen LogP contribution in [0.2, 0.25) is 0 Å². The number of pyridine rings is 1. The molecule has 0 atom stereocenters. The maximum atomic E-state index is 8.98. The zero-order chi connectivity index (χ0) is 13.1. The third kappa shape index (κ3) is 2.24. The van der Waals surface area contributed by atoms with Gasteiger partial charge in [-0.15, -0.1) is 0 Å². The van der Waals surface area contributed by atoms with E-state index in [1.807, 2.05) is 48.5 Å². The lowest BCUT2D eigenvalue weighted by Crippen LogP contribution is -1.90. The highest BCUT2D eigenvalue weighted by molar-refractivity contribution is 5.83. The fraction of sp³-hybridized carbons (Fsp3) is 0. The van der Waals surface area contributed by atoms with Crippen LogP contribution in [0.1, 0.15) is 5.69 Å². The van der Waals surface area contributed by atoms with Crippen molar-refractivity contribution >= 4 is 10.8 Å². The zero-order valence-corrected chi connectivity index (χ0v) is 10.1. The van der Waals surface area contributed by atoms with Crippen LogP contribution in [0.5, 0.6) is 11.5 Å². The van der Waals surface area contributed by atoms with E-state index in [-0.39, 0.29) is 5.69 Å². The second-order valence-electron chi connectivity index (χ2n) is 4.07. The molecule has 0 radical (unpaired) electrons. The largest absolute Gasteiger partial charge is 0.454 e. The molecule has 3 nitrogen and oxygen atoms in total. The van der Waals surface area contributed by atoms with Crippen molar-refractivity contribution in [2.75, 3.05) is 0 Å². The molecule has 1 aromatic heterocycles. The molecule has 3 aromatic rings. The van der Waals surface area contributed by atoms with Crippen molar-refractivity contribution in [2.45, 2.75) is 0 Å². The van der Waals surface area contributed by atoms with Gasteiger partial charge in [-0.1, -0.05) is 30.3 Å². The molecule has 0 amide bonds. The second-order valence-corrected chi connectivity index (χ2v) is 4.07. The molecule has 0 spiro atoms. The minimum Gasteiger partial charge on any atom is -0.454 e. The van der Waals surface area contributed by atoms with Gasteiger partial charge in [-0.3, -0.25) is 0 Å². The van der Waals surface area contributed by atoms with Crippen LogP contribution in [0.3, 0.4) is 0 Å². The number of benzene rings is 2. The standard InChI is InChI=1S/C16H10N2O/c17-11-15-16(6-3-9-18-15)19-14-8-7-12-4-1-2-5-13(12)10-14/h1-10H. The molecule has 0 aliphatic heterocycles. The SMILES string of the molecule is N#Cc1ncccc1Oc1ccc2ccccc2c1. The summed E-state index contributed by atoms with van der Waals surface area (Å²) >= 11 is 0. The highest BCUT2D eigenvalue weighted by atomic mass is 16.5. The lowest BCUT2D eigenvalue weighted by atomic mass is 10.1. The zero-order valence-electron chi connectivity index (χ0n) is 10.1. The second kappa shape index (κ2) is 4.79. The predicted octanol–water partition coefficient (Wildman–Crippen LogP) is 3.90. The number of hydrogen-bond acceptors (Lipinski definition) is 3. The molecule has 3 rings (SSSR count). The van der Waals surface area contributed by atoms with Crippen molar-refractivity contribution in [1.82, 2.24) is 4.98 Å². The monoisotopic (exact) mass is 246 g/mol. The van der Waals surface area contributed by atoms with Gasteiger partial charge in [-0.25, -0.2) is 4.98 Å². The van der Waals surface area contributed by atoms with Crippen molar-refractivity contribution in [3.05, 3.63) is 66.5 Å². The number of rotatable bonds is 2. The Morgan fingerprint density at radius 3 is 2.63 bits per heavy atom. The van der Waals surface area contributed by atoms with Gasteiger partial charge in [0.1, 0.15) is 11.8 Å². The first-order valence-electron chi connectivity index (χ1n) is 5.88. The van der Waals surface area contributed by atoms with Gasteiger partial charge in [0, 0.05) is 6.20 Å². The third-order valence-corrected chi connectivity index (χ3v) is 2.83. The molecule has 3 heteroatoms. The fourth-order valence-corrected chi connectivity index (χ4v) is 1.91. The van der Waals surface area contributed by atoms with Gasteiger partial charge in [-0.05, 0) is 35.0 Å². The molecule has 0 aliphatic carbocycles. The first kappa shape index (κ1) is 11.2. The average molecular weight is 246 g/mol. The molecule has 0 unspecified atom stereocenters. The predicted molar refractivity (Wildman–Crippen MR) is 73.0 cm³/mol. The van der Waals surface area contributed by atoms with E-state index in [2.05, 4.69) is 4.98 Å². The van der Waals surface area contributed by atoms with Gasteiger partial charge in [0.15, 0.2) is 11.4 Å². The molecule has 0 N–H and O–H groups in total. The van der Waals surface area contributed by atoms with Gasteiger partial charge in [0.2, 0.25) is 0 Å². The van der Waals surface area contributed by atoms with E-state index in [9.17, 15) is 0 Å². The van der Waals surface area contributed by atoms with E-state index in [1.165, 1.54) is 0 Å². The van der Waals surface area contributed by atoms with E-state index in [0.717, 1.165) is 10.8 Å². The van der Waals surface area contributed by atoms with E-state index in [1.54, 1.807) is 18.3 Å². The maximum absolute atomic E-state index is 8.98. The lowest BCUT2D eigenvalue weighted by Gasteiger charge is -2.07. The molecule has 0 saturated carbocycles. The maximum Gasteiger partial charge on any atom is 0.183 e. The summed E-state index contributed by atoms with van der Waals surface area (Å²) in [7, 11) is 0. The number of fused-ring (bicyclic) bond motifs is 1. The summed E-state index contributed by atoms with van der Waals surface area (Å²) in [6.45, 7) is 0. The highest BCUT2D eigenvalue weighted by Gasteiger charge is 2.05. The van der Waals surface area contributed by atoms with Crippen molar-refractivity contribution in [3.8, 4) is 17.6 Å². The fourth-order valence-electron chi connectivity index (χ4n) is 1.91. The summed E-state index contributed by atoms with van der Waals surface area (Å²) in [6, 6.07) is 19.4. The number of aromatic nitrogens is 1. The Balaban J connectivity index is 1.99. The van der Waals surface area contributed by atoms with Crippen molar-refractivity contribution in [3.63, 3.8) is 0 Å². The Morgan fingerprint density at radius 1 is 0.947 bits per heavy atom. The first-order chi connectivity index (χ1) is 9.36. The number of nitriles is 1. The summed E-state index contributed by atoms with van der Waals surface area (Å²) in [5, 5.41) is 11.2. The average Bonchev–Trinajstić information content (AvgIpc) is 2.48. The van der Waals surface area contributed by atoms with Crippen molar-refractivity contribution < 1.29 is 4.74 Å². The summed E-state index contributed by atoms with van der Waals surface area (Å²) < 4.78 is 5.72. The minimum absolute atomic E-state index is 0.288. The Morgan fingerprint density at radius 2 is 1.79 bits per heavy atom. The molecule has 0 fully saturated rings. The summed E-state index contributed by atoms with van der Waals surface area (Å²) in [5.41, 5.74) is 0.288. The molecule has 90 valence electrons. The molecule has 19 heavy (non-hydrogen) atoms. The Bertz CT molecular complexity index is 775. The van der Waals surface area contributed by atoms with Crippen LogP contribution in [0, 0.1) is 11.3 Å². The Labute approximate surface area is 110 Å². The number of ether oxygens (including phenoxy) is 1. The number of nitrogens with zero attached hydrogens (tertiary/aromatic N) is 2. The normalized spacial score (nSPS) is 10.1. The van der Waals surface area contributed by atoms with E-state index < -0.39 is 0 Å². The highest BCUT2D eigenvalue weighted by Crippen LogP contribution is 2.26. The van der Waals surface area contributed by atoms with Crippen LogP contribution >= 0.6 is 0 Å². The summed E-state index contributed by atoms with van der Waals surface area (Å²) in [4.78, 5) is 3.97. The van der Waals surface area contributed by atoms with Crippen molar-refractivity contribution in [1.29, 1.82) is 5.26 Å². The Kier molecular flexibility index (Phi) is 2.83. The van der Waals surface area contributed by atoms with E-state index >= 15 is 0 Å². The van der Waals surface area contributed by atoms with Gasteiger partial charge < -0.3 is 4.74 Å². The van der Waals surface area contributed by atoms with Crippen LogP contribution in [-0.2, 0) is 0 Å². The van der Waals surface area contributed by atoms with Gasteiger partial charge >= 0.3 is 0 Å². The Hall–Kier alpha value is -2.86. The molecule has 0 aliphatic rings. The van der Waals surface area contributed by atoms with Gasteiger partial charge in [-0.2, -0.15) is 5.26 Å². The van der Waals surface area contributed by atoms with E-state index in [4.69, 9.17) is 10.00 Å². The van der Waals surface area contributed by atoms with E-state index in [0.29, 0.717) is 11.5 Å². The van der Waals surface area contributed by atoms with Crippen LogP contribution in [0.25, 0.3) is 10.8 Å². The third-order valence-electron chi connectivity index (χ3n) is 2.83. The smallest absolute Gasteiger partial charge is 0.183 e. The van der Waals surface area contributed by atoms with Crippen LogP contribution < -0.4 is 4.74 Å². The minimum atomic E-state index is 0.288. The molecular weight excluding hydrogens is 236 g/mol. The molecule has 0 saturated heterocycles. The summed E-state index contributed by atoms with van der Waals surface area (Å²) in [6.07, 6.45) is 1.58. The molecule has 1 heterocycles. The first-order valence-corrected chi connectivity index (χ1v) is 5.88. The van der Waals surface area contributed by atoms with Crippen LogP contribution in [-0.4, -0.2) is 4.98 Å². The quantitative estimate of drug-likeness (QED) is 0.688. The van der Waals surface area contributed by atoms with Gasteiger partial charge in [0.05, 0.1) is 0 Å². The molecular formula is C16H10N2O. The van der Waals surface area contributed by atoms with Gasteiger partial charge in [0.25, 0.3) is 0 Å². The lowest BCUT2D eigenvalue weighted by molar-refractivity contribution is 0.479. The topological polar surface area (TPSA) is 45.9 Å². The van der Waals surface area contributed by atoms with Crippen LogP contribution in [0.4, 0.5) is 0 Å². The molecule has 0 bridgehead atoms. The number of hydrogen-bond donors (Lipinski definition) is 0. The van der Waals surface area contributed by atoms with Crippen molar-refractivity contribution in [2.24, 2.45) is 0 Å². The van der Waals surface area contributed by atoms with Crippen LogP contribution in [0.15, 0.2) is 60.8 Å². The summed E-state index contributed by atoms with van der Waals surface area (Å²) in [5.74, 6) is 1.17. The molecule has 2 aromatic carbocycles.